The Bertz CT molecular complexity index is 392. The summed E-state index contributed by atoms with van der Waals surface area (Å²) in [5, 5.41) is 15.5. The second-order valence-corrected chi connectivity index (χ2v) is 6.07. The first-order valence-electron chi connectivity index (χ1n) is 7.55. The number of aliphatic hydroxyl groups is 1. The van der Waals surface area contributed by atoms with Crippen LogP contribution >= 0.6 is 11.6 Å². The molecular formula is C15H28ClN3O. The van der Waals surface area contributed by atoms with Gasteiger partial charge in [0.1, 0.15) is 0 Å². The lowest BCUT2D eigenvalue weighted by Gasteiger charge is -2.23. The molecule has 0 aliphatic rings. The van der Waals surface area contributed by atoms with E-state index in [-0.39, 0.29) is 5.92 Å². The van der Waals surface area contributed by atoms with E-state index < -0.39 is 6.10 Å². The molecule has 0 aliphatic carbocycles. The number of halogens is 1. The Morgan fingerprint density at radius 1 is 1.40 bits per heavy atom. The highest BCUT2D eigenvalue weighted by Crippen LogP contribution is 2.32. The Labute approximate surface area is 127 Å². The van der Waals surface area contributed by atoms with Crippen molar-refractivity contribution in [3.63, 3.8) is 0 Å². The molecule has 116 valence electrons. The first-order chi connectivity index (χ1) is 9.51. The van der Waals surface area contributed by atoms with Gasteiger partial charge in [-0.05, 0) is 26.4 Å². The molecule has 5 heteroatoms. The molecule has 0 bridgehead atoms. The highest BCUT2D eigenvalue weighted by molar-refractivity contribution is 6.31. The molecule has 0 aromatic carbocycles. The quantitative estimate of drug-likeness (QED) is 0.760. The van der Waals surface area contributed by atoms with E-state index in [0.29, 0.717) is 5.02 Å². The van der Waals surface area contributed by atoms with E-state index in [4.69, 9.17) is 11.6 Å². The number of unbranched alkanes of at least 4 members (excludes halogenated alkanes) is 1. The summed E-state index contributed by atoms with van der Waals surface area (Å²) in [5.41, 5.74) is 0.775. The lowest BCUT2D eigenvalue weighted by Crippen LogP contribution is -2.23. The molecule has 0 aliphatic heterocycles. The zero-order chi connectivity index (χ0) is 15.1. The monoisotopic (exact) mass is 301 g/mol. The smallest absolute Gasteiger partial charge is 0.0999 e. The average Bonchev–Trinajstić information content (AvgIpc) is 2.78. The van der Waals surface area contributed by atoms with Crippen LogP contribution in [0.25, 0.3) is 0 Å². The van der Waals surface area contributed by atoms with Gasteiger partial charge < -0.3 is 10.0 Å². The lowest BCUT2D eigenvalue weighted by molar-refractivity contribution is 0.0896. The summed E-state index contributed by atoms with van der Waals surface area (Å²) in [5.74, 6) is 0.252. The zero-order valence-electron chi connectivity index (χ0n) is 13.1. The number of hydrogen-bond donors (Lipinski definition) is 1. The third-order valence-electron chi connectivity index (χ3n) is 3.77. The fourth-order valence-electron chi connectivity index (χ4n) is 2.41. The second-order valence-electron chi connectivity index (χ2n) is 5.66. The topological polar surface area (TPSA) is 41.3 Å². The second kappa shape index (κ2) is 8.65. The van der Waals surface area contributed by atoms with Crippen molar-refractivity contribution < 1.29 is 5.11 Å². The Hall–Kier alpha value is -0.580. The predicted octanol–water partition coefficient (Wildman–Crippen LogP) is 3.35. The van der Waals surface area contributed by atoms with Gasteiger partial charge in [0.2, 0.25) is 0 Å². The maximum atomic E-state index is 10.7. The SMILES string of the molecule is CCCCC(CC)C(O)c1c(Cl)cnn1CCN(C)C. The van der Waals surface area contributed by atoms with Crippen LogP contribution in [0.15, 0.2) is 6.20 Å². The third-order valence-corrected chi connectivity index (χ3v) is 4.06. The summed E-state index contributed by atoms with van der Waals surface area (Å²) in [6, 6.07) is 0. The van der Waals surface area contributed by atoms with Crippen LogP contribution in [-0.4, -0.2) is 40.4 Å². The van der Waals surface area contributed by atoms with Gasteiger partial charge in [-0.3, -0.25) is 4.68 Å². The standard InChI is InChI=1S/C15H28ClN3O/c1-5-7-8-12(6-2)15(20)14-13(16)11-17-19(14)10-9-18(3)4/h11-12,15,20H,5-10H2,1-4H3. The molecule has 0 spiro atoms. The van der Waals surface area contributed by atoms with Crippen LogP contribution in [0.3, 0.4) is 0 Å². The van der Waals surface area contributed by atoms with Crippen molar-refractivity contribution in [3.8, 4) is 0 Å². The highest BCUT2D eigenvalue weighted by atomic mass is 35.5. The average molecular weight is 302 g/mol. The summed E-state index contributed by atoms with van der Waals surface area (Å²) < 4.78 is 1.85. The molecule has 1 N–H and O–H groups in total. The van der Waals surface area contributed by atoms with E-state index in [1.54, 1.807) is 6.20 Å². The molecule has 1 heterocycles. The molecule has 0 fully saturated rings. The van der Waals surface area contributed by atoms with Gasteiger partial charge in [0.15, 0.2) is 0 Å². The van der Waals surface area contributed by atoms with Crippen LogP contribution in [0.2, 0.25) is 5.02 Å². The van der Waals surface area contributed by atoms with E-state index in [1.807, 2.05) is 18.8 Å². The fourth-order valence-corrected chi connectivity index (χ4v) is 2.67. The van der Waals surface area contributed by atoms with Crippen LogP contribution in [0.4, 0.5) is 0 Å². The number of aliphatic hydroxyl groups excluding tert-OH is 1. The van der Waals surface area contributed by atoms with Crippen molar-refractivity contribution in [2.24, 2.45) is 5.92 Å². The minimum Gasteiger partial charge on any atom is -0.386 e. The molecule has 2 unspecified atom stereocenters. The van der Waals surface area contributed by atoms with Gasteiger partial charge in [0.05, 0.1) is 29.6 Å². The van der Waals surface area contributed by atoms with Gasteiger partial charge in [-0.25, -0.2) is 0 Å². The van der Waals surface area contributed by atoms with Gasteiger partial charge >= 0.3 is 0 Å². The summed E-state index contributed by atoms with van der Waals surface area (Å²) in [4.78, 5) is 2.10. The first-order valence-corrected chi connectivity index (χ1v) is 7.93. The lowest BCUT2D eigenvalue weighted by atomic mass is 9.91. The van der Waals surface area contributed by atoms with E-state index in [2.05, 4.69) is 23.8 Å². The van der Waals surface area contributed by atoms with Crippen LogP contribution in [-0.2, 0) is 6.54 Å². The Balaban J connectivity index is 2.84. The van der Waals surface area contributed by atoms with Crippen molar-refractivity contribution in [2.75, 3.05) is 20.6 Å². The van der Waals surface area contributed by atoms with E-state index >= 15 is 0 Å². The summed E-state index contributed by atoms with van der Waals surface area (Å²) in [6.07, 6.45) is 5.39. The van der Waals surface area contributed by atoms with E-state index in [1.165, 1.54) is 0 Å². The normalized spacial score (nSPS) is 14.8. The maximum Gasteiger partial charge on any atom is 0.0999 e. The van der Waals surface area contributed by atoms with Crippen LogP contribution in [0, 0.1) is 5.92 Å². The summed E-state index contributed by atoms with van der Waals surface area (Å²) >= 11 is 6.23. The Morgan fingerprint density at radius 3 is 2.65 bits per heavy atom. The largest absolute Gasteiger partial charge is 0.386 e. The van der Waals surface area contributed by atoms with Gasteiger partial charge in [-0.1, -0.05) is 44.7 Å². The summed E-state index contributed by atoms with van der Waals surface area (Å²) in [7, 11) is 4.05. The molecule has 1 aromatic heterocycles. The number of hydrogen-bond acceptors (Lipinski definition) is 3. The molecule has 1 aromatic rings. The third kappa shape index (κ3) is 4.76. The molecule has 20 heavy (non-hydrogen) atoms. The molecule has 4 nitrogen and oxygen atoms in total. The maximum absolute atomic E-state index is 10.7. The Kier molecular flexibility index (Phi) is 7.56. The minimum absolute atomic E-state index is 0.252. The summed E-state index contributed by atoms with van der Waals surface area (Å²) in [6.45, 7) is 5.92. The highest BCUT2D eigenvalue weighted by Gasteiger charge is 2.25. The molecule has 0 saturated heterocycles. The first kappa shape index (κ1) is 17.5. The number of rotatable bonds is 9. The molecule has 0 amide bonds. The van der Waals surface area contributed by atoms with Crippen LogP contribution < -0.4 is 0 Å². The van der Waals surface area contributed by atoms with Crippen molar-refractivity contribution in [1.82, 2.24) is 14.7 Å². The number of nitrogens with zero attached hydrogens (tertiary/aromatic N) is 3. The Morgan fingerprint density at radius 2 is 2.10 bits per heavy atom. The van der Waals surface area contributed by atoms with Gasteiger partial charge in [0, 0.05) is 6.54 Å². The van der Waals surface area contributed by atoms with Crippen molar-refractivity contribution in [1.29, 1.82) is 0 Å². The van der Waals surface area contributed by atoms with Crippen LogP contribution in [0.5, 0.6) is 0 Å². The zero-order valence-corrected chi connectivity index (χ0v) is 13.9. The van der Waals surface area contributed by atoms with Crippen molar-refractivity contribution in [2.45, 2.75) is 52.2 Å². The van der Waals surface area contributed by atoms with Crippen LogP contribution in [0.1, 0.15) is 51.3 Å². The fraction of sp³-hybridized carbons (Fsp3) is 0.800. The number of likely N-dealkylation sites (N-methyl/N-ethyl adjacent to an activating group) is 1. The van der Waals surface area contributed by atoms with E-state index in [0.717, 1.165) is 44.5 Å². The van der Waals surface area contributed by atoms with E-state index in [9.17, 15) is 5.11 Å². The molecular weight excluding hydrogens is 274 g/mol. The molecule has 2 atom stereocenters. The van der Waals surface area contributed by atoms with Gasteiger partial charge in [-0.15, -0.1) is 0 Å². The van der Waals surface area contributed by atoms with Crippen molar-refractivity contribution in [3.05, 3.63) is 16.9 Å². The molecule has 0 radical (unpaired) electrons. The minimum atomic E-state index is -0.524. The number of aromatic nitrogens is 2. The molecule has 1 rings (SSSR count). The van der Waals surface area contributed by atoms with Gasteiger partial charge in [-0.2, -0.15) is 5.10 Å². The predicted molar refractivity (Wildman–Crippen MR) is 84.1 cm³/mol. The van der Waals surface area contributed by atoms with Gasteiger partial charge in [0.25, 0.3) is 0 Å². The molecule has 0 saturated carbocycles. The van der Waals surface area contributed by atoms with Crippen molar-refractivity contribution >= 4 is 11.6 Å².